The molecular weight excluding hydrogens is 260 g/mol. The minimum Gasteiger partial charge on any atom is -0.464 e. The molecule has 1 unspecified atom stereocenters. The van der Waals surface area contributed by atoms with E-state index >= 15 is 0 Å². The molecule has 0 aromatic heterocycles. The fraction of sp³-hybridized carbons (Fsp3) is 0.714. The maximum absolute atomic E-state index is 11.9. The normalized spacial score (nSPS) is 11.2. The molecule has 0 spiro atoms. The maximum atomic E-state index is 11.9. The summed E-state index contributed by atoms with van der Waals surface area (Å²) in [4.78, 5) is 23.8. The van der Waals surface area contributed by atoms with Gasteiger partial charge in [0.1, 0.15) is 13.2 Å². The van der Waals surface area contributed by atoms with Crippen LogP contribution in [0.15, 0.2) is 0 Å². The molecule has 1 atom stereocenters. The van der Waals surface area contributed by atoms with Crippen LogP contribution in [-0.2, 0) is 19.1 Å². The van der Waals surface area contributed by atoms with Crippen LogP contribution in [0.1, 0.15) is 39.5 Å². The summed E-state index contributed by atoms with van der Waals surface area (Å²) in [6, 6.07) is 3.72. The summed E-state index contributed by atoms with van der Waals surface area (Å²) in [7, 11) is 0. The van der Waals surface area contributed by atoms with Crippen molar-refractivity contribution < 1.29 is 19.1 Å². The molecule has 0 fully saturated rings. The number of nitriles is 2. The van der Waals surface area contributed by atoms with E-state index in [0.717, 1.165) is 6.42 Å². The second kappa shape index (κ2) is 10.8. The van der Waals surface area contributed by atoms with Gasteiger partial charge in [0, 0.05) is 0 Å². The summed E-state index contributed by atoms with van der Waals surface area (Å²) in [5.74, 6) is -2.53. The number of carbonyl (C=O) groups is 2. The summed E-state index contributed by atoms with van der Waals surface area (Å²) < 4.78 is 9.82. The third kappa shape index (κ3) is 6.75. The van der Waals surface area contributed by atoms with Crippen molar-refractivity contribution in [3.63, 3.8) is 0 Å². The molecule has 0 aliphatic carbocycles. The average Bonchev–Trinajstić information content (AvgIpc) is 2.40. The van der Waals surface area contributed by atoms with E-state index in [9.17, 15) is 9.59 Å². The molecule has 0 bridgehead atoms. The number of esters is 2. The predicted molar refractivity (Wildman–Crippen MR) is 69.9 cm³/mol. The smallest absolute Gasteiger partial charge is 0.320 e. The highest BCUT2D eigenvalue weighted by Gasteiger charge is 2.34. The SMILES string of the molecule is CCCC(C)C(C(=O)OCCC#N)C(=O)OCCC#N. The van der Waals surface area contributed by atoms with Gasteiger partial charge in [0.25, 0.3) is 0 Å². The highest BCUT2D eigenvalue weighted by atomic mass is 16.6. The molecule has 0 N–H and O–H groups in total. The molecule has 0 heterocycles. The Balaban J connectivity index is 4.63. The first-order chi connectivity index (χ1) is 9.58. The van der Waals surface area contributed by atoms with Crippen molar-refractivity contribution in [1.29, 1.82) is 10.5 Å². The first-order valence-electron chi connectivity index (χ1n) is 6.65. The Bertz CT molecular complexity index is 363. The van der Waals surface area contributed by atoms with E-state index in [1.54, 1.807) is 6.92 Å². The Labute approximate surface area is 119 Å². The zero-order valence-electron chi connectivity index (χ0n) is 11.9. The Morgan fingerprint density at radius 3 is 1.85 bits per heavy atom. The van der Waals surface area contributed by atoms with Crippen LogP contribution < -0.4 is 0 Å². The van der Waals surface area contributed by atoms with E-state index in [1.807, 2.05) is 19.1 Å². The Morgan fingerprint density at radius 1 is 1.05 bits per heavy atom. The monoisotopic (exact) mass is 280 g/mol. The van der Waals surface area contributed by atoms with Crippen molar-refractivity contribution in [2.24, 2.45) is 11.8 Å². The molecule has 6 heteroatoms. The molecule has 110 valence electrons. The van der Waals surface area contributed by atoms with Crippen molar-refractivity contribution in [3.8, 4) is 12.1 Å². The average molecular weight is 280 g/mol. The Kier molecular flexibility index (Phi) is 9.68. The number of ether oxygens (including phenoxy) is 2. The van der Waals surface area contributed by atoms with E-state index in [0.29, 0.717) is 6.42 Å². The molecule has 0 radical (unpaired) electrons. The van der Waals surface area contributed by atoms with Gasteiger partial charge in [-0.1, -0.05) is 20.3 Å². The largest absolute Gasteiger partial charge is 0.464 e. The Morgan fingerprint density at radius 2 is 1.50 bits per heavy atom. The van der Waals surface area contributed by atoms with E-state index in [4.69, 9.17) is 20.0 Å². The van der Waals surface area contributed by atoms with Crippen LogP contribution >= 0.6 is 0 Å². The van der Waals surface area contributed by atoms with E-state index in [1.165, 1.54) is 0 Å². The summed E-state index contributed by atoms with van der Waals surface area (Å²) in [5, 5.41) is 16.8. The van der Waals surface area contributed by atoms with Crippen LogP contribution in [0.2, 0.25) is 0 Å². The van der Waals surface area contributed by atoms with Gasteiger partial charge >= 0.3 is 11.9 Å². The number of rotatable bonds is 9. The van der Waals surface area contributed by atoms with E-state index in [2.05, 4.69) is 0 Å². The molecule has 0 amide bonds. The quantitative estimate of drug-likeness (QED) is 0.363. The van der Waals surface area contributed by atoms with Crippen LogP contribution in [0.4, 0.5) is 0 Å². The third-order valence-electron chi connectivity index (χ3n) is 2.74. The van der Waals surface area contributed by atoms with Gasteiger partial charge in [-0.2, -0.15) is 10.5 Å². The molecule has 0 aromatic rings. The third-order valence-corrected chi connectivity index (χ3v) is 2.74. The maximum Gasteiger partial charge on any atom is 0.320 e. The fourth-order valence-electron chi connectivity index (χ4n) is 1.76. The first kappa shape index (κ1) is 17.9. The van der Waals surface area contributed by atoms with Crippen molar-refractivity contribution in [2.45, 2.75) is 39.5 Å². The molecule has 6 nitrogen and oxygen atoms in total. The van der Waals surface area contributed by atoms with Gasteiger partial charge in [-0.05, 0) is 12.3 Å². The van der Waals surface area contributed by atoms with Gasteiger partial charge < -0.3 is 9.47 Å². The lowest BCUT2D eigenvalue weighted by Gasteiger charge is -2.20. The highest BCUT2D eigenvalue weighted by molar-refractivity contribution is 5.95. The van der Waals surface area contributed by atoms with Crippen LogP contribution in [0.3, 0.4) is 0 Å². The van der Waals surface area contributed by atoms with Gasteiger partial charge in [0.05, 0.1) is 25.0 Å². The molecule has 0 rings (SSSR count). The standard InChI is InChI=1S/C14H20N2O4/c1-3-6-11(2)12(13(17)19-9-4-7-15)14(18)20-10-5-8-16/h11-12H,3-6,9-10H2,1-2H3. The Hall–Kier alpha value is -2.08. The van der Waals surface area contributed by atoms with Crippen LogP contribution in [0.5, 0.6) is 0 Å². The fourth-order valence-corrected chi connectivity index (χ4v) is 1.76. The minimum atomic E-state index is -0.993. The summed E-state index contributed by atoms with van der Waals surface area (Å²) in [6.07, 6.45) is 1.69. The number of carbonyl (C=O) groups excluding carboxylic acids is 2. The molecule has 0 saturated carbocycles. The number of nitrogens with zero attached hydrogens (tertiary/aromatic N) is 2. The van der Waals surface area contributed by atoms with Crippen molar-refractivity contribution in [3.05, 3.63) is 0 Å². The second-order valence-corrected chi connectivity index (χ2v) is 4.39. The van der Waals surface area contributed by atoms with Crippen molar-refractivity contribution >= 4 is 11.9 Å². The molecule has 0 aromatic carbocycles. The molecule has 0 saturated heterocycles. The molecule has 20 heavy (non-hydrogen) atoms. The zero-order valence-corrected chi connectivity index (χ0v) is 11.9. The van der Waals surface area contributed by atoms with Crippen LogP contribution in [-0.4, -0.2) is 25.2 Å². The lowest BCUT2D eigenvalue weighted by atomic mass is 9.90. The van der Waals surface area contributed by atoms with E-state index < -0.39 is 17.9 Å². The molecule has 0 aliphatic rings. The lowest BCUT2D eigenvalue weighted by Crippen LogP contribution is -2.33. The summed E-state index contributed by atoms with van der Waals surface area (Å²) >= 11 is 0. The van der Waals surface area contributed by atoms with Crippen molar-refractivity contribution in [2.75, 3.05) is 13.2 Å². The summed E-state index contributed by atoms with van der Waals surface area (Å²) in [5.41, 5.74) is 0. The lowest BCUT2D eigenvalue weighted by molar-refractivity contribution is -0.164. The van der Waals surface area contributed by atoms with Gasteiger partial charge in [-0.25, -0.2) is 0 Å². The minimum absolute atomic E-state index is 0.0316. The molecule has 0 aliphatic heterocycles. The number of hydrogen-bond donors (Lipinski definition) is 0. The summed E-state index contributed by atoms with van der Waals surface area (Å²) in [6.45, 7) is 3.67. The highest BCUT2D eigenvalue weighted by Crippen LogP contribution is 2.20. The van der Waals surface area contributed by atoms with Gasteiger partial charge in [0.15, 0.2) is 5.92 Å². The second-order valence-electron chi connectivity index (χ2n) is 4.39. The van der Waals surface area contributed by atoms with Crippen LogP contribution in [0.25, 0.3) is 0 Å². The topological polar surface area (TPSA) is 100 Å². The van der Waals surface area contributed by atoms with Gasteiger partial charge in [-0.15, -0.1) is 0 Å². The van der Waals surface area contributed by atoms with E-state index in [-0.39, 0.29) is 32.0 Å². The zero-order chi connectivity index (χ0) is 15.4. The number of hydrogen-bond acceptors (Lipinski definition) is 6. The first-order valence-corrected chi connectivity index (χ1v) is 6.65. The van der Waals surface area contributed by atoms with Gasteiger partial charge in [-0.3, -0.25) is 9.59 Å². The molecular formula is C14H20N2O4. The predicted octanol–water partition coefficient (Wildman–Crippen LogP) is 1.95. The van der Waals surface area contributed by atoms with Crippen molar-refractivity contribution in [1.82, 2.24) is 0 Å². The van der Waals surface area contributed by atoms with Crippen LogP contribution in [0, 0.1) is 34.5 Å². The van der Waals surface area contributed by atoms with Gasteiger partial charge in [0.2, 0.25) is 0 Å².